The van der Waals surface area contributed by atoms with Gasteiger partial charge in [-0.3, -0.25) is 20.0 Å². The number of hydrazine groups is 1. The lowest BCUT2D eigenvalue weighted by atomic mass is 9.74. The Morgan fingerprint density at radius 1 is 0.821 bits per heavy atom. The summed E-state index contributed by atoms with van der Waals surface area (Å²) in [6.45, 7) is 8.60. The summed E-state index contributed by atoms with van der Waals surface area (Å²) in [5.41, 5.74) is 3.98. The van der Waals surface area contributed by atoms with Gasteiger partial charge in [-0.2, -0.15) is 0 Å². The summed E-state index contributed by atoms with van der Waals surface area (Å²) in [6, 6.07) is 2.40. The molecule has 8 heteroatoms. The van der Waals surface area contributed by atoms with Gasteiger partial charge in [0.1, 0.15) is 0 Å². The maximum atomic E-state index is 13.5. The summed E-state index contributed by atoms with van der Waals surface area (Å²) in [7, 11) is 1.93. The Morgan fingerprint density at radius 3 is 2.49 bits per heavy atom. The maximum Gasteiger partial charge on any atom is 0.224 e. The predicted molar refractivity (Wildman–Crippen MR) is 155 cm³/mol. The van der Waals surface area contributed by atoms with E-state index in [2.05, 4.69) is 30.5 Å². The van der Waals surface area contributed by atoms with E-state index in [1.54, 1.807) is 0 Å². The minimum absolute atomic E-state index is 0.289. The number of rotatable bonds is 7. The molecule has 6 aliphatic rings. The van der Waals surface area contributed by atoms with Crippen LogP contribution >= 0.6 is 0 Å². The van der Waals surface area contributed by atoms with Gasteiger partial charge < -0.3 is 15.0 Å². The quantitative estimate of drug-likeness (QED) is 0.511. The van der Waals surface area contributed by atoms with Crippen LogP contribution in [0.4, 0.5) is 0 Å². The number of piperidine rings is 1. The van der Waals surface area contributed by atoms with E-state index < -0.39 is 0 Å². The molecule has 0 aromatic carbocycles. The van der Waals surface area contributed by atoms with Crippen molar-refractivity contribution in [3.8, 4) is 0 Å². The van der Waals surface area contributed by atoms with E-state index in [0.29, 0.717) is 42.6 Å². The second-order valence-corrected chi connectivity index (χ2v) is 13.5. The van der Waals surface area contributed by atoms with Gasteiger partial charge in [-0.1, -0.05) is 19.3 Å². The summed E-state index contributed by atoms with van der Waals surface area (Å²) in [6.07, 6.45) is 17.7. The van der Waals surface area contributed by atoms with Crippen molar-refractivity contribution in [3.63, 3.8) is 0 Å². The van der Waals surface area contributed by atoms with Crippen molar-refractivity contribution in [1.82, 2.24) is 30.5 Å². The first-order valence-electron chi connectivity index (χ1n) is 16.8. The second-order valence-electron chi connectivity index (χ2n) is 13.5. The number of likely N-dealkylation sites (tertiary alicyclic amines) is 1. The zero-order chi connectivity index (χ0) is 26.6. The average molecular weight is 545 g/mol. The van der Waals surface area contributed by atoms with E-state index in [1.165, 1.54) is 77.0 Å². The first-order valence-corrected chi connectivity index (χ1v) is 16.8. The van der Waals surface area contributed by atoms with Crippen LogP contribution in [0.15, 0.2) is 0 Å². The molecule has 2 N–H and O–H groups in total. The molecule has 4 saturated heterocycles. The van der Waals surface area contributed by atoms with Gasteiger partial charge in [-0.05, 0) is 89.8 Å². The lowest BCUT2D eigenvalue weighted by molar-refractivity contribution is -0.131. The van der Waals surface area contributed by atoms with Crippen molar-refractivity contribution >= 4 is 5.91 Å². The van der Waals surface area contributed by atoms with Crippen LogP contribution in [0, 0.1) is 5.92 Å². The van der Waals surface area contributed by atoms with Crippen LogP contribution in [-0.2, 0) is 9.53 Å². The lowest BCUT2D eigenvalue weighted by Gasteiger charge is -2.49. The minimum Gasteiger partial charge on any atom is -0.380 e. The van der Waals surface area contributed by atoms with Crippen molar-refractivity contribution in [2.45, 2.75) is 126 Å². The Kier molecular flexibility index (Phi) is 9.79. The molecule has 4 aliphatic heterocycles. The summed E-state index contributed by atoms with van der Waals surface area (Å²) >= 11 is 0. The van der Waals surface area contributed by atoms with E-state index in [4.69, 9.17) is 4.74 Å². The Labute approximate surface area is 237 Å². The predicted octanol–water partition coefficient (Wildman–Crippen LogP) is 2.83. The summed E-state index contributed by atoms with van der Waals surface area (Å²) in [5, 5.41) is 6.50. The van der Waals surface area contributed by atoms with Gasteiger partial charge >= 0.3 is 0 Å². The topological polar surface area (TPSA) is 63.3 Å². The van der Waals surface area contributed by atoms with Crippen molar-refractivity contribution in [1.29, 1.82) is 0 Å². The van der Waals surface area contributed by atoms with Crippen LogP contribution in [0.5, 0.6) is 0 Å². The van der Waals surface area contributed by atoms with Gasteiger partial charge in [0.2, 0.25) is 5.91 Å². The van der Waals surface area contributed by atoms with Crippen LogP contribution in [0.25, 0.3) is 0 Å². The number of fused-ring (bicyclic) bond motifs is 1. The van der Waals surface area contributed by atoms with Gasteiger partial charge in [-0.25, -0.2) is 5.01 Å². The number of carbonyl (C=O) groups excluding carboxylic acids is 1. The molecule has 1 amide bonds. The van der Waals surface area contributed by atoms with Gasteiger partial charge in [0, 0.05) is 70.4 Å². The smallest absolute Gasteiger partial charge is 0.224 e. The highest BCUT2D eigenvalue weighted by Crippen LogP contribution is 2.36. The molecule has 4 heterocycles. The molecule has 0 bridgehead atoms. The first kappa shape index (κ1) is 28.4. The third-order valence-corrected chi connectivity index (χ3v) is 11.3. The zero-order valence-electron chi connectivity index (χ0n) is 24.7. The fraction of sp³-hybridized carbons (Fsp3) is 0.968. The standard InChI is InChI=1S/C31H56N6O2/c1-39-28-13-12-24-9-7-15-32-30(24)31(28)36-19-8-18-34(21-22-36)27(23-29(38)35-16-5-6-17-35)26-14-20-37(33-26)25-10-3-2-4-11-25/h24-28,30-33H,2-23H2,1H3. The molecule has 6 unspecified atom stereocenters. The normalized spacial score (nSPS) is 37.1. The molecule has 6 fully saturated rings. The summed E-state index contributed by atoms with van der Waals surface area (Å²) in [5.74, 6) is 1.19. The fourth-order valence-electron chi connectivity index (χ4n) is 9.17. The number of amides is 1. The van der Waals surface area contributed by atoms with Crippen LogP contribution in [-0.4, -0.2) is 121 Å². The van der Waals surface area contributed by atoms with E-state index in [1.807, 2.05) is 7.11 Å². The monoisotopic (exact) mass is 544 g/mol. The highest BCUT2D eigenvalue weighted by Gasteiger charge is 2.45. The van der Waals surface area contributed by atoms with Crippen molar-refractivity contribution < 1.29 is 9.53 Å². The van der Waals surface area contributed by atoms with Gasteiger partial charge in [0.25, 0.3) is 0 Å². The van der Waals surface area contributed by atoms with Gasteiger partial charge in [0.05, 0.1) is 12.1 Å². The first-order chi connectivity index (χ1) is 19.2. The molecular formula is C31H56N6O2. The highest BCUT2D eigenvalue weighted by molar-refractivity contribution is 5.77. The van der Waals surface area contributed by atoms with E-state index in [0.717, 1.165) is 64.7 Å². The number of hydrogen-bond donors (Lipinski definition) is 2. The van der Waals surface area contributed by atoms with E-state index in [9.17, 15) is 4.79 Å². The number of methoxy groups -OCH3 is 1. The van der Waals surface area contributed by atoms with Crippen LogP contribution in [0.3, 0.4) is 0 Å². The SMILES string of the molecule is COC1CCC2CCCNC2C1N1CCCN(C(CC(=O)N2CCCC2)C2CCN(C3CCCCC3)N2)CC1. The Balaban J connectivity index is 1.14. The molecule has 222 valence electrons. The molecule has 2 aliphatic carbocycles. The number of nitrogens with zero attached hydrogens (tertiary/aromatic N) is 4. The molecule has 39 heavy (non-hydrogen) atoms. The molecular weight excluding hydrogens is 488 g/mol. The zero-order valence-corrected chi connectivity index (χ0v) is 24.7. The minimum atomic E-state index is 0.289. The summed E-state index contributed by atoms with van der Waals surface area (Å²) < 4.78 is 6.12. The molecule has 2 saturated carbocycles. The fourth-order valence-corrected chi connectivity index (χ4v) is 9.17. The van der Waals surface area contributed by atoms with Crippen molar-refractivity contribution in [2.24, 2.45) is 5.92 Å². The average Bonchev–Trinajstić information content (AvgIpc) is 3.65. The molecule has 0 radical (unpaired) electrons. The van der Waals surface area contributed by atoms with Crippen LogP contribution in [0.1, 0.15) is 89.9 Å². The number of nitrogens with one attached hydrogen (secondary N) is 2. The van der Waals surface area contributed by atoms with E-state index in [-0.39, 0.29) is 6.04 Å². The third kappa shape index (κ3) is 6.51. The van der Waals surface area contributed by atoms with Gasteiger partial charge in [0.15, 0.2) is 0 Å². The van der Waals surface area contributed by atoms with Crippen molar-refractivity contribution in [2.75, 3.05) is 59.5 Å². The van der Waals surface area contributed by atoms with E-state index >= 15 is 0 Å². The molecule has 8 nitrogen and oxygen atoms in total. The molecule has 0 spiro atoms. The second kappa shape index (κ2) is 13.5. The highest BCUT2D eigenvalue weighted by atomic mass is 16.5. The largest absolute Gasteiger partial charge is 0.380 e. The molecule has 6 atom stereocenters. The third-order valence-electron chi connectivity index (χ3n) is 11.3. The Morgan fingerprint density at radius 2 is 1.67 bits per heavy atom. The van der Waals surface area contributed by atoms with Crippen LogP contribution < -0.4 is 10.7 Å². The molecule has 0 aromatic rings. The summed E-state index contributed by atoms with van der Waals surface area (Å²) in [4.78, 5) is 21.1. The van der Waals surface area contributed by atoms with Gasteiger partial charge in [-0.15, -0.1) is 0 Å². The number of carbonyl (C=O) groups is 1. The Hall–Kier alpha value is -0.770. The van der Waals surface area contributed by atoms with Crippen LogP contribution in [0.2, 0.25) is 0 Å². The Bertz CT molecular complexity index is 787. The maximum absolute atomic E-state index is 13.5. The molecule has 0 aromatic heterocycles. The lowest BCUT2D eigenvalue weighted by Crippen LogP contribution is -2.63. The molecule has 6 rings (SSSR count). The number of hydrogen-bond acceptors (Lipinski definition) is 7. The number of ether oxygens (including phenoxy) is 1. The van der Waals surface area contributed by atoms with Crippen molar-refractivity contribution in [3.05, 3.63) is 0 Å².